The minimum Gasteiger partial charge on any atom is -0.419 e. The summed E-state index contributed by atoms with van der Waals surface area (Å²) in [4.78, 5) is 2.05. The molecule has 0 fully saturated rings. The molecule has 0 radical (unpaired) electrons. The Morgan fingerprint density at radius 3 is 2.66 bits per heavy atom. The fraction of sp³-hybridized carbons (Fsp3) is 0.368. The zero-order chi connectivity index (χ0) is 20.7. The van der Waals surface area contributed by atoms with Crippen LogP contribution in [0.3, 0.4) is 0 Å². The molecular formula is C19H19Cl2FN6O. The molecule has 0 spiro atoms. The van der Waals surface area contributed by atoms with E-state index >= 15 is 0 Å². The summed E-state index contributed by atoms with van der Waals surface area (Å²) in [5.74, 6) is 1.04. The maximum absolute atomic E-state index is 14.1. The second kappa shape index (κ2) is 7.76. The normalized spacial score (nSPS) is 14.7. The van der Waals surface area contributed by atoms with Crippen LogP contribution >= 0.6 is 23.2 Å². The van der Waals surface area contributed by atoms with E-state index in [-0.39, 0.29) is 17.0 Å². The van der Waals surface area contributed by atoms with Crippen LogP contribution in [0.15, 0.2) is 22.6 Å². The fourth-order valence-electron chi connectivity index (χ4n) is 3.30. The van der Waals surface area contributed by atoms with Gasteiger partial charge in [0, 0.05) is 29.6 Å². The van der Waals surface area contributed by atoms with Crippen LogP contribution in [0.1, 0.15) is 44.2 Å². The molecule has 3 heterocycles. The molecule has 1 N–H and O–H groups in total. The number of nitrogens with one attached hydrogen (secondary N) is 1. The molecule has 3 aromatic rings. The second-order valence-electron chi connectivity index (χ2n) is 7.12. The molecule has 2 aromatic heterocycles. The predicted molar refractivity (Wildman–Crippen MR) is 110 cm³/mol. The van der Waals surface area contributed by atoms with Crippen molar-refractivity contribution in [3.8, 4) is 11.6 Å². The Morgan fingerprint density at radius 2 is 1.93 bits per heavy atom. The van der Waals surface area contributed by atoms with Crippen LogP contribution in [-0.4, -0.2) is 33.5 Å². The van der Waals surface area contributed by atoms with Gasteiger partial charge in [0.1, 0.15) is 5.82 Å². The highest BCUT2D eigenvalue weighted by Gasteiger charge is 2.28. The minimum absolute atomic E-state index is 0.0193. The van der Waals surface area contributed by atoms with E-state index in [1.54, 1.807) is 0 Å². The van der Waals surface area contributed by atoms with Gasteiger partial charge in [-0.15, -0.1) is 20.4 Å². The lowest BCUT2D eigenvalue weighted by Gasteiger charge is -2.36. The van der Waals surface area contributed by atoms with Crippen LogP contribution in [0.25, 0.3) is 11.6 Å². The second-order valence-corrected chi connectivity index (χ2v) is 7.90. The van der Waals surface area contributed by atoms with Crippen LogP contribution in [0.4, 0.5) is 15.9 Å². The molecule has 0 saturated carbocycles. The maximum Gasteiger partial charge on any atom is 0.268 e. The van der Waals surface area contributed by atoms with Gasteiger partial charge in [-0.05, 0) is 25.1 Å². The molecule has 1 aliphatic rings. The van der Waals surface area contributed by atoms with Gasteiger partial charge < -0.3 is 14.6 Å². The third-order valence-electron chi connectivity index (χ3n) is 4.85. The van der Waals surface area contributed by atoms with E-state index < -0.39 is 5.82 Å². The van der Waals surface area contributed by atoms with Crippen molar-refractivity contribution in [2.45, 2.75) is 32.7 Å². The number of aromatic nitrogens is 4. The molecule has 1 atom stereocenters. The number of halogens is 3. The molecule has 1 aliphatic heterocycles. The first-order valence-electron chi connectivity index (χ1n) is 9.22. The van der Waals surface area contributed by atoms with Gasteiger partial charge in [-0.3, -0.25) is 0 Å². The molecule has 0 saturated heterocycles. The monoisotopic (exact) mass is 436 g/mol. The Bertz CT molecular complexity index is 1060. The smallest absolute Gasteiger partial charge is 0.268 e. The number of rotatable bonds is 4. The lowest BCUT2D eigenvalue weighted by molar-refractivity contribution is 0.479. The Morgan fingerprint density at radius 1 is 1.14 bits per heavy atom. The lowest BCUT2D eigenvalue weighted by Crippen LogP contribution is -2.37. The number of nitrogens with zero attached hydrogens (tertiary/aromatic N) is 5. The number of hydrogen-bond acceptors (Lipinski definition) is 7. The molecule has 7 nitrogen and oxygen atoms in total. The third kappa shape index (κ3) is 3.62. The summed E-state index contributed by atoms with van der Waals surface area (Å²) in [6.07, 6.45) is 0. The molecule has 0 unspecified atom stereocenters. The first-order chi connectivity index (χ1) is 13.9. The standard InChI is InChI=1S/C19H19Cl2FN6O/c1-9(2)18-26-27-19(29-18)13-8-14-17(25-24-13)23-6-7-28(14)10(3)15-11(20)4-5-12(22)16(15)21/h4-5,8-10H,6-7H2,1-3H3,(H,23,25)/t10-/m1/s1. The van der Waals surface area contributed by atoms with E-state index in [9.17, 15) is 4.39 Å². The van der Waals surface area contributed by atoms with Crippen LogP contribution in [-0.2, 0) is 0 Å². The van der Waals surface area contributed by atoms with E-state index in [0.29, 0.717) is 47.0 Å². The van der Waals surface area contributed by atoms with Crippen LogP contribution in [0.5, 0.6) is 0 Å². The number of hydrogen-bond donors (Lipinski definition) is 1. The van der Waals surface area contributed by atoms with Gasteiger partial charge >= 0.3 is 0 Å². The SMILES string of the molecule is CC(C)c1nnc(-c2cc3c(nn2)NCCN3[C@H](C)c2c(Cl)ccc(F)c2Cl)o1. The predicted octanol–water partition coefficient (Wildman–Crippen LogP) is 5.09. The molecule has 4 rings (SSSR count). The minimum atomic E-state index is -0.506. The van der Waals surface area contributed by atoms with Gasteiger partial charge in [-0.1, -0.05) is 37.0 Å². The summed E-state index contributed by atoms with van der Waals surface area (Å²) >= 11 is 12.6. The highest BCUT2D eigenvalue weighted by atomic mass is 35.5. The number of anilines is 2. The Labute approximate surface area is 177 Å². The summed E-state index contributed by atoms with van der Waals surface area (Å²) in [6.45, 7) is 7.15. The van der Waals surface area contributed by atoms with E-state index in [0.717, 1.165) is 5.69 Å². The van der Waals surface area contributed by atoms with Gasteiger partial charge in [0.15, 0.2) is 11.5 Å². The Balaban J connectivity index is 1.75. The van der Waals surface area contributed by atoms with Crippen molar-refractivity contribution in [1.29, 1.82) is 0 Å². The van der Waals surface area contributed by atoms with Crippen molar-refractivity contribution in [2.24, 2.45) is 0 Å². The molecule has 1 aromatic carbocycles. The molecule has 152 valence electrons. The average Bonchev–Trinajstić information content (AvgIpc) is 3.21. The zero-order valence-corrected chi connectivity index (χ0v) is 17.6. The summed E-state index contributed by atoms with van der Waals surface area (Å²) in [5.41, 5.74) is 1.76. The molecule has 29 heavy (non-hydrogen) atoms. The van der Waals surface area contributed by atoms with Crippen LogP contribution in [0.2, 0.25) is 10.0 Å². The van der Waals surface area contributed by atoms with Crippen molar-refractivity contribution < 1.29 is 8.81 Å². The number of fused-ring (bicyclic) bond motifs is 1. The van der Waals surface area contributed by atoms with E-state index in [4.69, 9.17) is 27.6 Å². The Kier molecular flexibility index (Phi) is 5.31. The third-order valence-corrected chi connectivity index (χ3v) is 5.56. The topological polar surface area (TPSA) is 80.0 Å². The molecule has 0 bridgehead atoms. The number of benzene rings is 1. The van der Waals surface area contributed by atoms with Crippen molar-refractivity contribution in [1.82, 2.24) is 20.4 Å². The van der Waals surface area contributed by atoms with Crippen LogP contribution < -0.4 is 10.2 Å². The van der Waals surface area contributed by atoms with Crippen LogP contribution in [0, 0.1) is 5.82 Å². The Hall–Kier alpha value is -2.45. The largest absolute Gasteiger partial charge is 0.419 e. The van der Waals surface area contributed by atoms with E-state index in [1.165, 1.54) is 12.1 Å². The maximum atomic E-state index is 14.1. The summed E-state index contributed by atoms with van der Waals surface area (Å²) in [6, 6.07) is 4.30. The molecule has 0 amide bonds. The van der Waals surface area contributed by atoms with Crippen molar-refractivity contribution in [3.63, 3.8) is 0 Å². The van der Waals surface area contributed by atoms with Crippen molar-refractivity contribution in [3.05, 3.63) is 45.5 Å². The highest BCUT2D eigenvalue weighted by Crippen LogP contribution is 2.40. The van der Waals surface area contributed by atoms with Crippen molar-refractivity contribution in [2.75, 3.05) is 23.3 Å². The van der Waals surface area contributed by atoms with Gasteiger partial charge in [-0.25, -0.2) is 4.39 Å². The zero-order valence-electron chi connectivity index (χ0n) is 16.1. The van der Waals surface area contributed by atoms with E-state index in [1.807, 2.05) is 26.8 Å². The van der Waals surface area contributed by atoms with Gasteiger partial charge in [0.2, 0.25) is 5.89 Å². The molecule has 10 heteroatoms. The van der Waals surface area contributed by atoms with E-state index in [2.05, 4.69) is 30.6 Å². The summed E-state index contributed by atoms with van der Waals surface area (Å²) in [5, 5.41) is 20.2. The summed E-state index contributed by atoms with van der Waals surface area (Å²) < 4.78 is 19.8. The van der Waals surface area contributed by atoms with Crippen molar-refractivity contribution >= 4 is 34.7 Å². The first-order valence-corrected chi connectivity index (χ1v) is 9.97. The summed E-state index contributed by atoms with van der Waals surface area (Å²) in [7, 11) is 0. The van der Waals surface area contributed by atoms with Gasteiger partial charge in [0.25, 0.3) is 5.89 Å². The quantitative estimate of drug-likeness (QED) is 0.570. The molecule has 0 aliphatic carbocycles. The average molecular weight is 437 g/mol. The highest BCUT2D eigenvalue weighted by molar-refractivity contribution is 6.36. The fourth-order valence-corrected chi connectivity index (χ4v) is 3.99. The first kappa shape index (κ1) is 19.8. The van der Waals surface area contributed by atoms with Gasteiger partial charge in [0.05, 0.1) is 16.8 Å². The molecular weight excluding hydrogens is 418 g/mol. The lowest BCUT2D eigenvalue weighted by atomic mass is 10.0. The van der Waals surface area contributed by atoms with Gasteiger partial charge in [-0.2, -0.15) is 0 Å².